The van der Waals surface area contributed by atoms with Crippen molar-refractivity contribution in [2.24, 2.45) is 0 Å². The fourth-order valence-electron chi connectivity index (χ4n) is 3.57. The normalized spacial score (nSPS) is 12.7. The quantitative estimate of drug-likeness (QED) is 0.576. The van der Waals surface area contributed by atoms with Crippen molar-refractivity contribution in [2.75, 3.05) is 5.32 Å². The molecule has 0 spiro atoms. The summed E-state index contributed by atoms with van der Waals surface area (Å²) in [6.07, 6.45) is 8.63. The van der Waals surface area contributed by atoms with E-state index in [0.29, 0.717) is 0 Å². The Kier molecular flexibility index (Phi) is 4.29. The number of hydrogen-bond donors (Lipinski definition) is 1. The van der Waals surface area contributed by atoms with E-state index in [1.54, 1.807) is 12.4 Å². The zero-order chi connectivity index (χ0) is 18.8. The van der Waals surface area contributed by atoms with Gasteiger partial charge in [0.2, 0.25) is 0 Å². The van der Waals surface area contributed by atoms with E-state index in [4.69, 9.17) is 9.97 Å². The Bertz CT molecular complexity index is 1090. The molecule has 1 aromatic carbocycles. The molecule has 0 unspecified atom stereocenters. The van der Waals surface area contributed by atoms with Crippen LogP contribution < -0.4 is 5.32 Å². The number of pyridine rings is 1. The minimum absolute atomic E-state index is 0.731. The molecule has 4 aromatic rings. The number of fused-ring (bicyclic) bond motifs is 1. The van der Waals surface area contributed by atoms with Crippen LogP contribution in [0.4, 0.5) is 11.6 Å². The first-order valence-corrected chi connectivity index (χ1v) is 9.50. The van der Waals surface area contributed by atoms with E-state index in [-0.39, 0.29) is 0 Å². The fraction of sp³-hybridized carbons (Fsp3) is 0.182. The Hall–Kier alpha value is -3.54. The van der Waals surface area contributed by atoms with E-state index in [2.05, 4.69) is 27.5 Å². The van der Waals surface area contributed by atoms with Gasteiger partial charge in [0.05, 0.1) is 6.54 Å². The molecule has 138 valence electrons. The largest absolute Gasteiger partial charge is 0.323 e. The lowest BCUT2D eigenvalue weighted by Gasteiger charge is -2.11. The maximum atomic E-state index is 4.80. The number of nitrogens with zero attached hydrogens (tertiary/aromatic N) is 5. The van der Waals surface area contributed by atoms with E-state index in [1.165, 1.54) is 11.1 Å². The van der Waals surface area contributed by atoms with E-state index in [0.717, 1.165) is 54.5 Å². The lowest BCUT2D eigenvalue weighted by molar-refractivity contribution is 0.689. The Morgan fingerprint density at radius 3 is 2.64 bits per heavy atom. The summed E-state index contributed by atoms with van der Waals surface area (Å²) < 4.78 is 1.93. The Balaban J connectivity index is 1.43. The second kappa shape index (κ2) is 7.23. The van der Waals surface area contributed by atoms with Crippen LogP contribution >= 0.6 is 0 Å². The summed E-state index contributed by atoms with van der Waals surface area (Å²) in [5.41, 5.74) is 4.53. The van der Waals surface area contributed by atoms with Crippen LogP contribution in [0.5, 0.6) is 0 Å². The highest BCUT2D eigenvalue weighted by molar-refractivity contribution is 5.63. The lowest BCUT2D eigenvalue weighted by Crippen LogP contribution is -2.05. The minimum atomic E-state index is 0.731. The van der Waals surface area contributed by atoms with Gasteiger partial charge in [-0.2, -0.15) is 5.10 Å². The first kappa shape index (κ1) is 16.6. The molecular formula is C22H20N6. The molecule has 0 radical (unpaired) electrons. The Morgan fingerprint density at radius 1 is 0.929 bits per heavy atom. The van der Waals surface area contributed by atoms with Crippen LogP contribution in [0.3, 0.4) is 0 Å². The second-order valence-electron chi connectivity index (χ2n) is 6.92. The molecule has 0 fully saturated rings. The highest BCUT2D eigenvalue weighted by atomic mass is 15.3. The van der Waals surface area contributed by atoms with E-state index >= 15 is 0 Å². The second-order valence-corrected chi connectivity index (χ2v) is 6.92. The van der Waals surface area contributed by atoms with Gasteiger partial charge in [0, 0.05) is 41.5 Å². The van der Waals surface area contributed by atoms with E-state index in [1.807, 2.05) is 47.3 Å². The number of hydrogen-bond acceptors (Lipinski definition) is 5. The maximum absolute atomic E-state index is 4.80. The summed E-state index contributed by atoms with van der Waals surface area (Å²) in [7, 11) is 0. The van der Waals surface area contributed by atoms with Crippen LogP contribution in [0, 0.1) is 0 Å². The molecular weight excluding hydrogens is 348 g/mol. The lowest BCUT2D eigenvalue weighted by atomic mass is 10.2. The van der Waals surface area contributed by atoms with Gasteiger partial charge in [-0.15, -0.1) is 0 Å². The number of aryl methyl sites for hydroxylation is 1. The SMILES string of the molecule is c1ccc(Cn2ccc(Nc3nc(-c4ccncc4)nc4c3CCC4)n2)cc1. The molecule has 6 heteroatoms. The molecule has 5 rings (SSSR count). The number of aromatic nitrogens is 5. The van der Waals surface area contributed by atoms with E-state index in [9.17, 15) is 0 Å². The van der Waals surface area contributed by atoms with Gasteiger partial charge in [-0.05, 0) is 37.0 Å². The average Bonchev–Trinajstić information content (AvgIpc) is 3.39. The average molecular weight is 368 g/mol. The maximum Gasteiger partial charge on any atom is 0.161 e. The highest BCUT2D eigenvalue weighted by Crippen LogP contribution is 2.30. The third-order valence-corrected chi connectivity index (χ3v) is 4.95. The van der Waals surface area contributed by atoms with Crippen molar-refractivity contribution in [2.45, 2.75) is 25.8 Å². The van der Waals surface area contributed by atoms with Crippen molar-refractivity contribution in [3.63, 3.8) is 0 Å². The van der Waals surface area contributed by atoms with Gasteiger partial charge in [0.15, 0.2) is 11.6 Å². The van der Waals surface area contributed by atoms with Crippen LogP contribution in [0.25, 0.3) is 11.4 Å². The molecule has 1 aliphatic carbocycles. The number of benzene rings is 1. The molecule has 0 saturated heterocycles. The Morgan fingerprint density at radius 2 is 1.79 bits per heavy atom. The van der Waals surface area contributed by atoms with Crippen LogP contribution in [-0.2, 0) is 19.4 Å². The van der Waals surface area contributed by atoms with Crippen molar-refractivity contribution in [1.82, 2.24) is 24.7 Å². The minimum Gasteiger partial charge on any atom is -0.323 e. The summed E-state index contributed by atoms with van der Waals surface area (Å²) in [5.74, 6) is 2.39. The number of anilines is 2. The van der Waals surface area contributed by atoms with E-state index < -0.39 is 0 Å². The Labute approximate surface area is 163 Å². The topological polar surface area (TPSA) is 68.5 Å². The fourth-order valence-corrected chi connectivity index (χ4v) is 3.57. The first-order chi connectivity index (χ1) is 13.8. The standard InChI is InChI=1S/C22H20N6/c1-2-5-16(6-3-1)15-28-14-11-20(27-28)25-22-18-7-4-8-19(18)24-21(26-22)17-9-12-23-13-10-17/h1-3,5-6,9-14H,4,7-8,15H2,(H,24,25,26,27). The van der Waals surface area contributed by atoms with Crippen LogP contribution in [0.15, 0.2) is 67.1 Å². The summed E-state index contributed by atoms with van der Waals surface area (Å²) in [6, 6.07) is 16.2. The molecule has 1 N–H and O–H groups in total. The van der Waals surface area contributed by atoms with Crippen molar-refractivity contribution in [3.05, 3.63) is 83.9 Å². The smallest absolute Gasteiger partial charge is 0.161 e. The molecule has 28 heavy (non-hydrogen) atoms. The number of rotatable bonds is 5. The van der Waals surface area contributed by atoms with Crippen molar-refractivity contribution in [1.29, 1.82) is 0 Å². The summed E-state index contributed by atoms with van der Waals surface area (Å²) in [5, 5.41) is 8.09. The van der Waals surface area contributed by atoms with Crippen LogP contribution in [0.1, 0.15) is 23.2 Å². The van der Waals surface area contributed by atoms with Gasteiger partial charge in [0.25, 0.3) is 0 Å². The predicted octanol–water partition coefficient (Wildman–Crippen LogP) is 4.02. The van der Waals surface area contributed by atoms with Crippen molar-refractivity contribution < 1.29 is 0 Å². The van der Waals surface area contributed by atoms with Gasteiger partial charge < -0.3 is 5.32 Å². The van der Waals surface area contributed by atoms with Crippen LogP contribution in [0.2, 0.25) is 0 Å². The highest BCUT2D eigenvalue weighted by Gasteiger charge is 2.20. The first-order valence-electron chi connectivity index (χ1n) is 9.50. The molecule has 0 aliphatic heterocycles. The third-order valence-electron chi connectivity index (χ3n) is 4.95. The zero-order valence-corrected chi connectivity index (χ0v) is 15.4. The van der Waals surface area contributed by atoms with Crippen LogP contribution in [-0.4, -0.2) is 24.7 Å². The zero-order valence-electron chi connectivity index (χ0n) is 15.4. The van der Waals surface area contributed by atoms with Gasteiger partial charge >= 0.3 is 0 Å². The third kappa shape index (κ3) is 3.36. The van der Waals surface area contributed by atoms with Gasteiger partial charge in [-0.25, -0.2) is 9.97 Å². The van der Waals surface area contributed by atoms with Gasteiger partial charge in [-0.3, -0.25) is 9.67 Å². The monoisotopic (exact) mass is 368 g/mol. The van der Waals surface area contributed by atoms with Gasteiger partial charge in [-0.1, -0.05) is 30.3 Å². The van der Waals surface area contributed by atoms with Gasteiger partial charge in [0.1, 0.15) is 5.82 Å². The summed E-state index contributed by atoms with van der Waals surface area (Å²) in [4.78, 5) is 13.7. The van der Waals surface area contributed by atoms with Crippen molar-refractivity contribution >= 4 is 11.6 Å². The van der Waals surface area contributed by atoms with Crippen molar-refractivity contribution in [3.8, 4) is 11.4 Å². The molecule has 0 amide bonds. The summed E-state index contributed by atoms with van der Waals surface area (Å²) in [6.45, 7) is 0.743. The molecule has 6 nitrogen and oxygen atoms in total. The molecule has 0 bridgehead atoms. The molecule has 3 aromatic heterocycles. The molecule has 3 heterocycles. The predicted molar refractivity (Wildman–Crippen MR) is 108 cm³/mol. The number of nitrogens with one attached hydrogen (secondary N) is 1. The molecule has 0 saturated carbocycles. The molecule has 0 atom stereocenters. The molecule has 1 aliphatic rings. The summed E-state index contributed by atoms with van der Waals surface area (Å²) >= 11 is 0.